The van der Waals surface area contributed by atoms with Crippen LogP contribution in [0.4, 0.5) is 0 Å². The third kappa shape index (κ3) is 0.917. The van der Waals surface area contributed by atoms with Crippen molar-refractivity contribution in [3.8, 4) is 0 Å². The van der Waals surface area contributed by atoms with E-state index in [1.807, 2.05) is 6.92 Å². The van der Waals surface area contributed by atoms with Crippen LogP contribution in [-0.2, 0) is 4.74 Å². The predicted octanol–water partition coefficient (Wildman–Crippen LogP) is 1.75. The lowest BCUT2D eigenvalue weighted by Crippen LogP contribution is -2.25. The summed E-state index contributed by atoms with van der Waals surface area (Å²) in [7, 11) is 0. The highest BCUT2D eigenvalue weighted by atomic mass is 16.5. The van der Waals surface area contributed by atoms with Crippen molar-refractivity contribution in [1.29, 1.82) is 0 Å². The van der Waals surface area contributed by atoms with Gasteiger partial charge >= 0.3 is 0 Å². The molecule has 10 heavy (non-hydrogen) atoms. The highest BCUT2D eigenvalue weighted by molar-refractivity contribution is 5.75. The number of fused-ring (bicyclic) bond motifs is 1. The Bertz CT molecular complexity index is 165. The summed E-state index contributed by atoms with van der Waals surface area (Å²) in [5.41, 5.74) is 0. The van der Waals surface area contributed by atoms with Crippen molar-refractivity contribution in [2.75, 3.05) is 0 Å². The van der Waals surface area contributed by atoms with Crippen LogP contribution in [0.5, 0.6) is 0 Å². The van der Waals surface area contributed by atoms with Gasteiger partial charge in [0.2, 0.25) is 0 Å². The number of aliphatic imine (C=N–C) groups is 1. The fraction of sp³-hybridized carbons (Fsp3) is 0.875. The Labute approximate surface area is 61.3 Å². The third-order valence-electron chi connectivity index (χ3n) is 2.34. The molecular weight excluding hydrogens is 126 g/mol. The Balaban J connectivity index is 2.06. The van der Waals surface area contributed by atoms with E-state index in [0.717, 1.165) is 5.90 Å². The molecule has 0 N–H and O–H groups in total. The molecule has 2 rings (SSSR count). The van der Waals surface area contributed by atoms with Gasteiger partial charge in [-0.2, -0.15) is 0 Å². The quantitative estimate of drug-likeness (QED) is 0.501. The average molecular weight is 139 g/mol. The van der Waals surface area contributed by atoms with Gasteiger partial charge in [0.15, 0.2) is 5.90 Å². The molecule has 56 valence electrons. The molecule has 2 nitrogen and oxygen atoms in total. The first-order chi connectivity index (χ1) is 4.86. The van der Waals surface area contributed by atoms with Crippen molar-refractivity contribution in [3.63, 3.8) is 0 Å². The van der Waals surface area contributed by atoms with Crippen molar-refractivity contribution < 1.29 is 4.74 Å². The summed E-state index contributed by atoms with van der Waals surface area (Å²) in [6.07, 6.45) is 5.55. The van der Waals surface area contributed by atoms with E-state index >= 15 is 0 Å². The zero-order valence-corrected chi connectivity index (χ0v) is 6.34. The molecule has 2 heteroatoms. The standard InChI is InChI=1S/C8H13NO/c1-6-9-7-4-2-3-5-8(7)10-6/h7-8H,2-5H2,1H3/t7-,8?/m0/s1. The highest BCUT2D eigenvalue weighted by Crippen LogP contribution is 2.27. The summed E-state index contributed by atoms with van der Waals surface area (Å²) in [5, 5.41) is 0. The molecule has 0 amide bonds. The molecule has 0 aromatic rings. The van der Waals surface area contributed by atoms with Crippen LogP contribution in [0.1, 0.15) is 32.6 Å². The molecule has 1 aliphatic carbocycles. The lowest BCUT2D eigenvalue weighted by atomic mass is 9.94. The summed E-state index contributed by atoms with van der Waals surface area (Å²) in [6, 6.07) is 0.508. The van der Waals surface area contributed by atoms with E-state index in [1.54, 1.807) is 0 Å². The monoisotopic (exact) mass is 139 g/mol. The molecule has 2 aliphatic rings. The van der Waals surface area contributed by atoms with Gasteiger partial charge in [-0.05, 0) is 19.3 Å². The molecule has 0 radical (unpaired) electrons. The predicted molar refractivity (Wildman–Crippen MR) is 40.2 cm³/mol. The van der Waals surface area contributed by atoms with Gasteiger partial charge in [-0.25, -0.2) is 4.99 Å². The lowest BCUT2D eigenvalue weighted by molar-refractivity contribution is 0.151. The Morgan fingerprint density at radius 2 is 2.20 bits per heavy atom. The Morgan fingerprint density at radius 3 is 3.00 bits per heavy atom. The third-order valence-corrected chi connectivity index (χ3v) is 2.34. The van der Waals surface area contributed by atoms with Gasteiger partial charge in [0.1, 0.15) is 6.10 Å². The molecule has 0 spiro atoms. The maximum absolute atomic E-state index is 5.52. The molecule has 1 fully saturated rings. The maximum Gasteiger partial charge on any atom is 0.180 e. The van der Waals surface area contributed by atoms with Gasteiger partial charge in [-0.1, -0.05) is 6.42 Å². The van der Waals surface area contributed by atoms with Gasteiger partial charge in [0, 0.05) is 6.92 Å². The molecule has 0 bridgehead atoms. The summed E-state index contributed by atoms with van der Waals surface area (Å²) >= 11 is 0. The summed E-state index contributed by atoms with van der Waals surface area (Å²) in [4.78, 5) is 4.40. The van der Waals surface area contributed by atoms with Crippen LogP contribution in [0.25, 0.3) is 0 Å². The minimum absolute atomic E-state index is 0.439. The lowest BCUT2D eigenvalue weighted by Gasteiger charge is -2.21. The van der Waals surface area contributed by atoms with Crippen LogP contribution in [0.3, 0.4) is 0 Å². The minimum atomic E-state index is 0.439. The first kappa shape index (κ1) is 6.20. The van der Waals surface area contributed by atoms with E-state index < -0.39 is 0 Å². The van der Waals surface area contributed by atoms with Gasteiger partial charge < -0.3 is 4.74 Å². The number of nitrogens with zero attached hydrogens (tertiary/aromatic N) is 1. The van der Waals surface area contributed by atoms with E-state index in [0.29, 0.717) is 12.1 Å². The molecule has 1 aliphatic heterocycles. The van der Waals surface area contributed by atoms with E-state index in [2.05, 4.69) is 4.99 Å². The topological polar surface area (TPSA) is 21.6 Å². The molecule has 1 heterocycles. The van der Waals surface area contributed by atoms with E-state index in [4.69, 9.17) is 4.74 Å². The number of hydrogen-bond donors (Lipinski definition) is 0. The molecular formula is C8H13NO. The molecule has 1 unspecified atom stereocenters. The maximum atomic E-state index is 5.52. The molecule has 1 saturated carbocycles. The van der Waals surface area contributed by atoms with Crippen molar-refractivity contribution in [2.45, 2.75) is 44.8 Å². The molecule has 0 aromatic heterocycles. The number of ether oxygens (including phenoxy) is 1. The summed E-state index contributed by atoms with van der Waals surface area (Å²) in [5.74, 6) is 0.900. The SMILES string of the molecule is CC1=N[C@H]2CCCCC2O1. The van der Waals surface area contributed by atoms with Crippen LogP contribution in [0, 0.1) is 0 Å². The van der Waals surface area contributed by atoms with Gasteiger partial charge in [-0.3, -0.25) is 0 Å². The van der Waals surface area contributed by atoms with Crippen molar-refractivity contribution in [1.82, 2.24) is 0 Å². The van der Waals surface area contributed by atoms with Gasteiger partial charge in [-0.15, -0.1) is 0 Å². The normalized spacial score (nSPS) is 38.3. The fourth-order valence-corrected chi connectivity index (χ4v) is 1.85. The summed E-state index contributed by atoms with van der Waals surface area (Å²) < 4.78 is 5.52. The van der Waals surface area contributed by atoms with Gasteiger partial charge in [0.25, 0.3) is 0 Å². The fourth-order valence-electron chi connectivity index (χ4n) is 1.85. The Kier molecular flexibility index (Phi) is 1.40. The Hall–Kier alpha value is -0.530. The molecule has 0 aromatic carbocycles. The number of rotatable bonds is 0. The van der Waals surface area contributed by atoms with Gasteiger partial charge in [0.05, 0.1) is 6.04 Å². The second-order valence-corrected chi connectivity index (χ2v) is 3.16. The molecule has 0 saturated heterocycles. The van der Waals surface area contributed by atoms with Crippen LogP contribution >= 0.6 is 0 Å². The zero-order valence-electron chi connectivity index (χ0n) is 6.34. The van der Waals surface area contributed by atoms with Crippen LogP contribution in [0.2, 0.25) is 0 Å². The largest absolute Gasteiger partial charge is 0.476 e. The Morgan fingerprint density at radius 1 is 1.40 bits per heavy atom. The summed E-state index contributed by atoms with van der Waals surface area (Å²) in [6.45, 7) is 1.96. The van der Waals surface area contributed by atoms with Crippen molar-refractivity contribution in [2.24, 2.45) is 4.99 Å². The first-order valence-corrected chi connectivity index (χ1v) is 4.07. The smallest absolute Gasteiger partial charge is 0.180 e. The van der Waals surface area contributed by atoms with E-state index in [9.17, 15) is 0 Å². The number of hydrogen-bond acceptors (Lipinski definition) is 2. The molecule has 2 atom stereocenters. The highest BCUT2D eigenvalue weighted by Gasteiger charge is 2.30. The minimum Gasteiger partial charge on any atom is -0.476 e. The van der Waals surface area contributed by atoms with Crippen LogP contribution in [-0.4, -0.2) is 18.0 Å². The second-order valence-electron chi connectivity index (χ2n) is 3.16. The zero-order chi connectivity index (χ0) is 6.97. The van der Waals surface area contributed by atoms with Crippen molar-refractivity contribution in [3.05, 3.63) is 0 Å². The van der Waals surface area contributed by atoms with Crippen molar-refractivity contribution >= 4 is 5.90 Å². The first-order valence-electron chi connectivity index (χ1n) is 4.07. The second kappa shape index (κ2) is 2.26. The van der Waals surface area contributed by atoms with E-state index in [-0.39, 0.29) is 0 Å². The van der Waals surface area contributed by atoms with Crippen LogP contribution in [0.15, 0.2) is 4.99 Å². The van der Waals surface area contributed by atoms with Crippen LogP contribution < -0.4 is 0 Å². The average Bonchev–Trinajstić information content (AvgIpc) is 2.27. The van der Waals surface area contributed by atoms with E-state index in [1.165, 1.54) is 25.7 Å².